The number of unbranched alkanes of at least 4 members (excludes halogenated alkanes) is 2. The zero-order valence-electron chi connectivity index (χ0n) is 83.6. The fourth-order valence-electron chi connectivity index (χ4n) is 28.1. The molecular weight excluding hydrogens is 2110 g/mol. The molecule has 16 aliphatic carbocycles. The van der Waals surface area contributed by atoms with E-state index < -0.39 is 116 Å². The molecule has 0 spiro atoms. The number of halogens is 8. The van der Waals surface area contributed by atoms with Gasteiger partial charge in [-0.3, -0.25) is 0 Å². The van der Waals surface area contributed by atoms with Crippen molar-refractivity contribution >= 4 is 100 Å². The normalized spacial score (nSPS) is 31.8. The molecule has 712 valence electrons. The zero-order valence-corrected chi connectivity index (χ0v) is 103. The topological polar surface area (TPSA) is 0 Å². The number of hydrogen-bond acceptors (Lipinski definition) is 0. The van der Waals surface area contributed by atoms with Gasteiger partial charge in [0.25, 0.3) is 0 Å². The minimum atomic E-state index is -1.47. The van der Waals surface area contributed by atoms with Crippen molar-refractivity contribution in [2.24, 2.45) is 106 Å². The van der Waals surface area contributed by atoms with Gasteiger partial charge in [0.1, 0.15) is 0 Å². The van der Waals surface area contributed by atoms with E-state index in [-0.39, 0.29) is 70.2 Å². The maximum atomic E-state index is 4.93. The van der Waals surface area contributed by atoms with Crippen molar-refractivity contribution in [1.82, 2.24) is 0 Å². The fourth-order valence-corrected chi connectivity index (χ4v) is 53.4. The minimum absolute atomic E-state index is 0. The Morgan fingerprint density at radius 1 is 0.281 bits per heavy atom. The number of allylic oxidation sites excluding steroid dienone is 36. The molecule has 0 aromatic carbocycles. The Morgan fingerprint density at radius 2 is 0.469 bits per heavy atom. The summed E-state index contributed by atoms with van der Waals surface area (Å²) in [6.45, 7) is 46.4. The van der Waals surface area contributed by atoms with Gasteiger partial charge in [-0.2, -0.15) is 0 Å². The van der Waals surface area contributed by atoms with Gasteiger partial charge in [0.2, 0.25) is 0 Å². The SMILES string of the molecule is C=CCCC[Si](C)(C1CCCC1)C1C2C=C(C)C=CC2C2C=CC(C(C)(C)C)=CC21.C=CCCC[Si](C)(C1CCCC1)C1C2C=CC=CC2C2C=CC=CC21.C=CCC[Si](C)(C1CCCC1)C1C2C=C(C)C=CC2C2C=CC(C(C)(C)C)=CC21.C=CCC[Si](C)(C1CCCC1)C1C2C=CC=CC2C2C=CC=CC21.[CH3-].[CH3-].[CH3-].[CH3-].[CH3-].[CH3-].[CH3-].[CH3-].[Cl][Zr+2][Cl].[Cl][Zr+2][Cl].[Cl][Zr+2][Cl].[Cl][Zr+2][Cl]. The second-order valence-electron chi connectivity index (χ2n) is 41.7. The summed E-state index contributed by atoms with van der Waals surface area (Å²) in [5.41, 5.74) is 14.4. The van der Waals surface area contributed by atoms with Crippen LogP contribution in [0.15, 0.2) is 243 Å². The van der Waals surface area contributed by atoms with Crippen LogP contribution in [0.25, 0.3) is 0 Å². The van der Waals surface area contributed by atoms with E-state index in [2.05, 4.69) is 302 Å². The van der Waals surface area contributed by atoms with E-state index in [4.69, 9.17) is 68.1 Å². The third-order valence-electron chi connectivity index (χ3n) is 33.5. The number of fused-ring (bicyclic) bond motifs is 12. The molecule has 0 aromatic heterocycles. The van der Waals surface area contributed by atoms with Crippen LogP contribution in [0.1, 0.15) is 197 Å². The van der Waals surface area contributed by atoms with E-state index in [0.29, 0.717) is 23.7 Å². The molecular formula is C112H176Cl8Si4Zr4. The first-order valence-electron chi connectivity index (χ1n) is 46.9. The molecule has 0 saturated heterocycles. The van der Waals surface area contributed by atoms with Gasteiger partial charge in [0.15, 0.2) is 0 Å². The summed E-state index contributed by atoms with van der Waals surface area (Å²) in [4.78, 5) is 0. The molecule has 8 saturated carbocycles. The van der Waals surface area contributed by atoms with E-state index in [0.717, 1.165) is 115 Å². The van der Waals surface area contributed by atoms with Crippen molar-refractivity contribution in [2.75, 3.05) is 0 Å². The van der Waals surface area contributed by atoms with Gasteiger partial charge >= 0.3 is 151 Å². The molecule has 0 amide bonds. The Labute approximate surface area is 872 Å². The summed E-state index contributed by atoms with van der Waals surface area (Å²) in [5.74, 6) is 11.9. The van der Waals surface area contributed by atoms with Crippen LogP contribution in [0.5, 0.6) is 0 Å². The monoisotopic (exact) mass is 2270 g/mol. The van der Waals surface area contributed by atoms with Crippen LogP contribution >= 0.6 is 68.1 Å². The van der Waals surface area contributed by atoms with Gasteiger partial charge in [-0.15, -0.1) is 26.3 Å². The molecule has 0 aliphatic heterocycles. The van der Waals surface area contributed by atoms with E-state index in [1.54, 1.807) is 11.1 Å². The average Bonchev–Trinajstić information content (AvgIpc) is 1.57. The molecule has 16 heteroatoms. The standard InChI is InChI=1S/C29H44Si.C28H42Si.C24H34Si.C23H32Si.8CH3.8ClH.4Zr/c1-7-8-11-18-30(6,23-12-9-10-13-23)28-26-19-21(2)14-16-24(26)25-17-15-22(20-27(25)28)29(3,4)5;1-7-8-17-29(6,22-11-9-10-12-22)27-25-18-20(2)13-15-23(25)24-16-14-21(19-26(24)27)28(3,4)5;1-3-4-11-18-25(2,19-12-5-6-13-19)24-22-16-9-7-14-20(22)21-15-8-10-17-23(21)24;1-3-4-17-24(2,18-11-5-6-12-18)23-21-15-9-7-13-19(21)20-14-8-10-16-22(20)23;;;;;;;;;;;;;;;;;;;;/h7,14-17,19-20,23-28H,1,8-13,18H2,2-6H3;7,13-16,18-19,22-27H,1,8-12,17H2,2-6H3;3,7-10,14-17,19-24H,1,4-6,11-13,18H2,2H3;3,7-10,13-16,18-23H,1,4-6,11-12,17H2,2H3;8*1H3;8*1H;;;;/q;;;;8*-1;;;;;;;;;4*+4/p-8. The van der Waals surface area contributed by atoms with Gasteiger partial charge in [0.05, 0.1) is 32.3 Å². The van der Waals surface area contributed by atoms with Gasteiger partial charge in [-0.25, -0.2) is 0 Å². The summed E-state index contributed by atoms with van der Waals surface area (Å²) in [6, 6.07) is 5.90. The molecule has 0 bridgehead atoms. The van der Waals surface area contributed by atoms with Crippen LogP contribution < -0.4 is 0 Å². The average molecular weight is 2280 g/mol. The van der Waals surface area contributed by atoms with E-state index in [1.807, 2.05) is 0 Å². The number of hydrogen-bond donors (Lipinski definition) is 0. The summed E-state index contributed by atoms with van der Waals surface area (Å²) in [6.07, 6.45) is 110. The second-order valence-corrected chi connectivity index (χ2v) is 76.6. The van der Waals surface area contributed by atoms with Crippen LogP contribution in [-0.4, -0.2) is 32.3 Å². The molecule has 16 rings (SSSR count). The molecule has 0 heterocycles. The molecule has 0 nitrogen and oxygen atoms in total. The van der Waals surface area contributed by atoms with Crippen LogP contribution in [0.2, 0.25) is 94.7 Å². The molecule has 0 aromatic rings. The third-order valence-corrected chi connectivity index (χ3v) is 58.1. The summed E-state index contributed by atoms with van der Waals surface area (Å²) in [5, 5.41) is 0. The van der Waals surface area contributed by atoms with Crippen molar-refractivity contribution in [3.05, 3.63) is 302 Å². The van der Waals surface area contributed by atoms with E-state index >= 15 is 0 Å². The van der Waals surface area contributed by atoms with Crippen LogP contribution in [0.3, 0.4) is 0 Å². The van der Waals surface area contributed by atoms with Gasteiger partial charge in [0, 0.05) is 0 Å². The molecule has 0 radical (unpaired) electrons. The van der Waals surface area contributed by atoms with Crippen molar-refractivity contribution in [3.63, 3.8) is 0 Å². The van der Waals surface area contributed by atoms with E-state index in [1.165, 1.54) is 177 Å². The zero-order chi connectivity index (χ0) is 87.0. The van der Waals surface area contributed by atoms with Crippen molar-refractivity contribution < 1.29 is 83.4 Å². The summed E-state index contributed by atoms with van der Waals surface area (Å²) in [7, 11) is 33.8. The summed E-state index contributed by atoms with van der Waals surface area (Å²) >= 11 is -3.30. The first kappa shape index (κ1) is 128. The molecule has 22 atom stereocenters. The second kappa shape index (κ2) is 62.1. The van der Waals surface area contributed by atoms with Gasteiger partial charge in [-0.05, 0) is 201 Å². The number of rotatable bonds is 22. The van der Waals surface area contributed by atoms with Crippen molar-refractivity contribution in [2.45, 2.75) is 291 Å². The first-order chi connectivity index (χ1) is 57.7. The molecule has 8 fully saturated rings. The Balaban J connectivity index is 0.000000803. The molecule has 22 unspecified atom stereocenters. The molecule has 16 aliphatic rings. The predicted octanol–water partition coefficient (Wildman–Crippen LogP) is 40.2. The third kappa shape index (κ3) is 31.3. The van der Waals surface area contributed by atoms with Crippen LogP contribution in [-0.2, 0) is 83.4 Å². The van der Waals surface area contributed by atoms with Crippen molar-refractivity contribution in [3.8, 4) is 0 Å². The van der Waals surface area contributed by atoms with Gasteiger partial charge in [-0.1, -0.05) is 413 Å². The van der Waals surface area contributed by atoms with Gasteiger partial charge < -0.3 is 59.4 Å². The summed E-state index contributed by atoms with van der Waals surface area (Å²) < 4.78 is 0. The predicted molar refractivity (Wildman–Crippen MR) is 584 cm³/mol. The molecule has 128 heavy (non-hydrogen) atoms. The quantitative estimate of drug-likeness (QED) is 0.0439. The Bertz CT molecular complexity index is 3730. The van der Waals surface area contributed by atoms with Crippen molar-refractivity contribution in [1.29, 1.82) is 0 Å². The molecule has 0 N–H and O–H groups in total. The van der Waals surface area contributed by atoms with Crippen LogP contribution in [0.4, 0.5) is 0 Å². The Kier molecular flexibility index (Phi) is 61.8. The Hall–Kier alpha value is 1.52. The van der Waals surface area contributed by atoms with E-state index in [9.17, 15) is 0 Å². The fraction of sp³-hybridized carbons (Fsp3) is 0.571. The van der Waals surface area contributed by atoms with Crippen LogP contribution in [0, 0.1) is 165 Å². The first-order valence-corrected chi connectivity index (χ1v) is 83.7. The maximum absolute atomic E-state index is 4.93. The Morgan fingerprint density at radius 3 is 0.688 bits per heavy atom.